The molecule has 34 heavy (non-hydrogen) atoms. The average molecular weight is 465 g/mol. The minimum absolute atomic E-state index is 0.0208. The molecule has 0 saturated carbocycles. The number of anilines is 1. The van der Waals surface area contributed by atoms with Gasteiger partial charge in [0.1, 0.15) is 29.7 Å². The number of nitrogens with zero attached hydrogens (tertiary/aromatic N) is 2. The average Bonchev–Trinajstić information content (AvgIpc) is 2.88. The van der Waals surface area contributed by atoms with Crippen molar-refractivity contribution < 1.29 is 23.4 Å². The summed E-state index contributed by atoms with van der Waals surface area (Å²) in [5, 5.41) is 0. The molecule has 6 nitrogen and oxygen atoms in total. The van der Waals surface area contributed by atoms with Gasteiger partial charge in [0.25, 0.3) is 5.91 Å². The van der Waals surface area contributed by atoms with Crippen LogP contribution in [0.15, 0.2) is 66.7 Å². The molecule has 1 fully saturated rings. The molecule has 0 N–H and O–H groups in total. The number of rotatable bonds is 8. The van der Waals surface area contributed by atoms with Gasteiger partial charge in [0, 0.05) is 43.0 Å². The van der Waals surface area contributed by atoms with Gasteiger partial charge in [0.2, 0.25) is 0 Å². The minimum atomic E-state index is -0.250. The molecule has 178 valence electrons. The highest BCUT2D eigenvalue weighted by Crippen LogP contribution is 2.25. The van der Waals surface area contributed by atoms with Crippen molar-refractivity contribution in [1.29, 1.82) is 0 Å². The minimum Gasteiger partial charge on any atom is -0.497 e. The number of methoxy groups -OCH3 is 1. The van der Waals surface area contributed by atoms with Crippen LogP contribution in [-0.4, -0.2) is 50.7 Å². The fourth-order valence-corrected chi connectivity index (χ4v) is 3.96. The summed E-state index contributed by atoms with van der Waals surface area (Å²) < 4.78 is 30.1. The summed E-state index contributed by atoms with van der Waals surface area (Å²) in [4.78, 5) is 17.2. The number of benzene rings is 3. The van der Waals surface area contributed by atoms with Crippen LogP contribution in [-0.2, 0) is 6.61 Å². The first-order valence-electron chi connectivity index (χ1n) is 11.4. The zero-order valence-electron chi connectivity index (χ0n) is 19.5. The molecule has 0 unspecified atom stereocenters. The monoisotopic (exact) mass is 464 g/mol. The molecule has 0 bridgehead atoms. The van der Waals surface area contributed by atoms with Crippen molar-refractivity contribution in [1.82, 2.24) is 4.90 Å². The van der Waals surface area contributed by atoms with Gasteiger partial charge < -0.3 is 24.0 Å². The zero-order valence-corrected chi connectivity index (χ0v) is 19.5. The molecular weight excluding hydrogens is 435 g/mol. The Labute approximate surface area is 199 Å². The number of ether oxygens (including phenoxy) is 3. The Hall–Kier alpha value is -3.74. The van der Waals surface area contributed by atoms with Gasteiger partial charge in [-0.1, -0.05) is 0 Å². The van der Waals surface area contributed by atoms with E-state index in [2.05, 4.69) is 4.90 Å². The van der Waals surface area contributed by atoms with Crippen molar-refractivity contribution >= 4 is 11.6 Å². The number of halogens is 1. The second kappa shape index (κ2) is 10.9. The van der Waals surface area contributed by atoms with Crippen molar-refractivity contribution in [2.75, 3.05) is 44.8 Å². The van der Waals surface area contributed by atoms with Crippen molar-refractivity contribution in [3.8, 4) is 17.2 Å². The predicted octanol–water partition coefficient (Wildman–Crippen LogP) is 4.77. The third-order valence-corrected chi connectivity index (χ3v) is 5.82. The number of carbonyl (C=O) groups is 1. The van der Waals surface area contributed by atoms with Gasteiger partial charge >= 0.3 is 0 Å². The van der Waals surface area contributed by atoms with Crippen LogP contribution in [0.25, 0.3) is 0 Å². The lowest BCUT2D eigenvalue weighted by Gasteiger charge is -2.36. The lowest BCUT2D eigenvalue weighted by atomic mass is 10.1. The van der Waals surface area contributed by atoms with Gasteiger partial charge in [-0.25, -0.2) is 4.39 Å². The summed E-state index contributed by atoms with van der Waals surface area (Å²) >= 11 is 0. The predicted molar refractivity (Wildman–Crippen MR) is 129 cm³/mol. The summed E-state index contributed by atoms with van der Waals surface area (Å²) in [7, 11) is 1.62. The Morgan fingerprint density at radius 3 is 2.21 bits per heavy atom. The van der Waals surface area contributed by atoms with Crippen LogP contribution in [0, 0.1) is 5.82 Å². The number of piperazine rings is 1. The standard InChI is InChI=1S/C27H29FN2O4/c1-3-33-26-13-4-20(18-21(26)19-34-25-11-9-24(32-2)10-12-25)27(31)30-16-14-29(15-17-30)23-7-5-22(28)6-8-23/h4-13,18H,3,14-17,19H2,1-2H3. The second-order valence-electron chi connectivity index (χ2n) is 7.98. The molecule has 1 aliphatic heterocycles. The zero-order chi connectivity index (χ0) is 23.9. The Morgan fingerprint density at radius 1 is 0.882 bits per heavy atom. The van der Waals surface area contributed by atoms with E-state index in [1.54, 1.807) is 25.3 Å². The van der Waals surface area contributed by atoms with Crippen molar-refractivity contribution in [3.05, 3.63) is 83.7 Å². The van der Waals surface area contributed by atoms with E-state index in [0.29, 0.717) is 49.8 Å². The van der Waals surface area contributed by atoms with E-state index in [1.807, 2.05) is 48.2 Å². The Balaban J connectivity index is 1.42. The molecule has 0 aromatic heterocycles. The summed E-state index contributed by atoms with van der Waals surface area (Å²) in [6.07, 6.45) is 0. The normalized spacial score (nSPS) is 13.5. The third-order valence-electron chi connectivity index (χ3n) is 5.82. The molecule has 0 spiro atoms. The summed E-state index contributed by atoms with van der Waals surface area (Å²) in [5.41, 5.74) is 2.38. The fourth-order valence-electron chi connectivity index (χ4n) is 3.96. The maximum atomic E-state index is 13.2. The molecule has 1 amide bonds. The van der Waals surface area contributed by atoms with E-state index < -0.39 is 0 Å². The highest BCUT2D eigenvalue weighted by atomic mass is 19.1. The number of carbonyl (C=O) groups excluding carboxylic acids is 1. The molecule has 4 rings (SSSR count). The molecule has 7 heteroatoms. The summed E-state index contributed by atoms with van der Waals surface area (Å²) in [6.45, 7) is 5.31. The number of amides is 1. The highest BCUT2D eigenvalue weighted by Gasteiger charge is 2.23. The molecule has 1 aliphatic rings. The molecule has 0 aliphatic carbocycles. The number of hydrogen-bond donors (Lipinski definition) is 0. The van der Waals surface area contributed by atoms with Crippen molar-refractivity contribution in [2.24, 2.45) is 0 Å². The van der Waals surface area contributed by atoms with Crippen molar-refractivity contribution in [2.45, 2.75) is 13.5 Å². The largest absolute Gasteiger partial charge is 0.497 e. The highest BCUT2D eigenvalue weighted by molar-refractivity contribution is 5.94. The van der Waals surface area contributed by atoms with Crippen LogP contribution in [0.2, 0.25) is 0 Å². The second-order valence-corrected chi connectivity index (χ2v) is 7.98. The first-order valence-corrected chi connectivity index (χ1v) is 11.4. The molecule has 3 aromatic rings. The number of hydrogen-bond acceptors (Lipinski definition) is 5. The van der Waals surface area contributed by atoms with Gasteiger partial charge in [-0.3, -0.25) is 4.79 Å². The first-order chi connectivity index (χ1) is 16.6. The van der Waals surface area contributed by atoms with E-state index in [4.69, 9.17) is 14.2 Å². The van der Waals surface area contributed by atoms with Gasteiger partial charge in [0.15, 0.2) is 0 Å². The quantitative estimate of drug-likeness (QED) is 0.481. The Bertz CT molecular complexity index is 1090. The first kappa shape index (κ1) is 23.4. The lowest BCUT2D eigenvalue weighted by Crippen LogP contribution is -2.48. The van der Waals surface area contributed by atoms with Crippen LogP contribution in [0.3, 0.4) is 0 Å². The molecule has 3 aromatic carbocycles. The Kier molecular flexibility index (Phi) is 7.52. The molecule has 0 radical (unpaired) electrons. The van der Waals surface area contributed by atoms with E-state index in [0.717, 1.165) is 17.0 Å². The van der Waals surface area contributed by atoms with Gasteiger partial charge in [-0.05, 0) is 73.7 Å². The summed E-state index contributed by atoms with van der Waals surface area (Å²) in [6, 6.07) is 19.3. The van der Waals surface area contributed by atoms with Crippen LogP contribution in [0.5, 0.6) is 17.2 Å². The summed E-state index contributed by atoms with van der Waals surface area (Å²) in [5.74, 6) is 1.90. The maximum absolute atomic E-state index is 13.2. The molecule has 0 atom stereocenters. The van der Waals surface area contributed by atoms with Crippen LogP contribution >= 0.6 is 0 Å². The van der Waals surface area contributed by atoms with Crippen LogP contribution in [0.4, 0.5) is 10.1 Å². The van der Waals surface area contributed by atoms with Gasteiger partial charge in [-0.15, -0.1) is 0 Å². The van der Waals surface area contributed by atoms with Gasteiger partial charge in [-0.2, -0.15) is 0 Å². The molecule has 1 heterocycles. The van der Waals surface area contributed by atoms with Crippen LogP contribution in [0.1, 0.15) is 22.8 Å². The SMILES string of the molecule is CCOc1ccc(C(=O)N2CCN(c3ccc(F)cc3)CC2)cc1COc1ccc(OC)cc1. The fraction of sp³-hybridized carbons (Fsp3) is 0.296. The van der Waals surface area contributed by atoms with Crippen LogP contribution < -0.4 is 19.1 Å². The van der Waals surface area contributed by atoms with E-state index >= 15 is 0 Å². The smallest absolute Gasteiger partial charge is 0.253 e. The molecular formula is C27H29FN2O4. The Morgan fingerprint density at radius 2 is 1.56 bits per heavy atom. The van der Waals surface area contributed by atoms with E-state index in [1.165, 1.54) is 12.1 Å². The van der Waals surface area contributed by atoms with E-state index in [9.17, 15) is 9.18 Å². The lowest BCUT2D eigenvalue weighted by molar-refractivity contribution is 0.0746. The van der Waals surface area contributed by atoms with Gasteiger partial charge in [0.05, 0.1) is 13.7 Å². The third kappa shape index (κ3) is 5.60. The van der Waals surface area contributed by atoms with E-state index in [-0.39, 0.29) is 18.3 Å². The maximum Gasteiger partial charge on any atom is 0.253 e. The molecule has 1 saturated heterocycles. The van der Waals surface area contributed by atoms with Crippen molar-refractivity contribution in [3.63, 3.8) is 0 Å². The topological polar surface area (TPSA) is 51.2 Å².